The lowest BCUT2D eigenvalue weighted by atomic mass is 9.95. The van der Waals surface area contributed by atoms with E-state index >= 15 is 0 Å². The first kappa shape index (κ1) is 12.4. The lowest BCUT2D eigenvalue weighted by Crippen LogP contribution is -2.36. The van der Waals surface area contributed by atoms with Gasteiger partial charge in [-0.25, -0.2) is 0 Å². The highest BCUT2D eigenvalue weighted by Gasteiger charge is 2.17. The molecule has 2 rings (SSSR count). The largest absolute Gasteiger partial charge is 0.399 e. The van der Waals surface area contributed by atoms with Crippen molar-refractivity contribution in [2.75, 3.05) is 25.4 Å². The summed E-state index contributed by atoms with van der Waals surface area (Å²) in [5.41, 5.74) is 8.21. The highest BCUT2D eigenvalue weighted by Crippen LogP contribution is 2.20. The van der Waals surface area contributed by atoms with E-state index in [0.717, 1.165) is 24.6 Å². The first-order valence-electron chi connectivity index (χ1n) is 6.85. The number of hydrogen-bond donors (Lipinski definition) is 1. The fourth-order valence-corrected chi connectivity index (χ4v) is 2.73. The molecule has 1 aromatic rings. The summed E-state index contributed by atoms with van der Waals surface area (Å²) in [6, 6.07) is 8.24. The molecule has 0 radical (unpaired) electrons. The second kappa shape index (κ2) is 6.06. The SMILES string of the molecule is CCC1CCCN(CCc2ccccc2N)C1. The van der Waals surface area contributed by atoms with E-state index in [-0.39, 0.29) is 0 Å². The van der Waals surface area contributed by atoms with Crippen LogP contribution >= 0.6 is 0 Å². The van der Waals surface area contributed by atoms with Gasteiger partial charge in [0.2, 0.25) is 0 Å². The van der Waals surface area contributed by atoms with Gasteiger partial charge in [0.25, 0.3) is 0 Å². The van der Waals surface area contributed by atoms with Crippen LogP contribution in [0.25, 0.3) is 0 Å². The Morgan fingerprint density at radius 2 is 2.18 bits per heavy atom. The van der Waals surface area contributed by atoms with E-state index in [1.807, 2.05) is 12.1 Å². The van der Waals surface area contributed by atoms with Crippen LogP contribution in [0.3, 0.4) is 0 Å². The molecule has 1 atom stereocenters. The van der Waals surface area contributed by atoms with Crippen molar-refractivity contribution in [2.24, 2.45) is 5.92 Å². The van der Waals surface area contributed by atoms with E-state index in [9.17, 15) is 0 Å². The zero-order chi connectivity index (χ0) is 12.1. The normalized spacial score (nSPS) is 21.6. The molecule has 0 aliphatic carbocycles. The number of para-hydroxylation sites is 1. The van der Waals surface area contributed by atoms with E-state index in [0.29, 0.717) is 0 Å². The third-order valence-corrected chi connectivity index (χ3v) is 3.93. The van der Waals surface area contributed by atoms with Crippen LogP contribution in [0.1, 0.15) is 31.7 Å². The first-order chi connectivity index (χ1) is 8.29. The molecule has 1 fully saturated rings. The van der Waals surface area contributed by atoms with E-state index in [4.69, 9.17) is 5.73 Å². The molecule has 2 heteroatoms. The number of nitrogens with two attached hydrogens (primary N) is 1. The van der Waals surface area contributed by atoms with Crippen LogP contribution in [0.2, 0.25) is 0 Å². The molecule has 0 saturated carbocycles. The third-order valence-electron chi connectivity index (χ3n) is 3.93. The van der Waals surface area contributed by atoms with Crippen molar-refractivity contribution in [3.63, 3.8) is 0 Å². The monoisotopic (exact) mass is 232 g/mol. The summed E-state index contributed by atoms with van der Waals surface area (Å²) >= 11 is 0. The van der Waals surface area contributed by atoms with Crippen LogP contribution in [-0.4, -0.2) is 24.5 Å². The summed E-state index contributed by atoms with van der Waals surface area (Å²) in [5, 5.41) is 0. The number of piperidine rings is 1. The van der Waals surface area contributed by atoms with Gasteiger partial charge in [0.1, 0.15) is 0 Å². The number of nitrogen functional groups attached to an aromatic ring is 1. The molecule has 1 aromatic carbocycles. The zero-order valence-electron chi connectivity index (χ0n) is 10.9. The maximum atomic E-state index is 5.97. The quantitative estimate of drug-likeness (QED) is 0.809. The summed E-state index contributed by atoms with van der Waals surface area (Å²) in [6.07, 6.45) is 5.19. The number of benzene rings is 1. The van der Waals surface area contributed by atoms with Crippen molar-refractivity contribution in [1.82, 2.24) is 4.90 Å². The Morgan fingerprint density at radius 3 is 2.94 bits per heavy atom. The first-order valence-corrected chi connectivity index (χ1v) is 6.85. The molecule has 17 heavy (non-hydrogen) atoms. The molecule has 1 aliphatic heterocycles. The molecular formula is C15H24N2. The minimum atomic E-state index is 0.914. The molecule has 1 unspecified atom stereocenters. The van der Waals surface area contributed by atoms with E-state index in [2.05, 4.69) is 24.0 Å². The summed E-state index contributed by atoms with van der Waals surface area (Å²) < 4.78 is 0. The molecule has 1 heterocycles. The number of likely N-dealkylation sites (tertiary alicyclic amines) is 1. The van der Waals surface area contributed by atoms with E-state index in [1.165, 1.54) is 37.9 Å². The summed E-state index contributed by atoms with van der Waals surface area (Å²) in [4.78, 5) is 2.60. The molecule has 94 valence electrons. The van der Waals surface area contributed by atoms with Gasteiger partial charge < -0.3 is 10.6 Å². The fraction of sp³-hybridized carbons (Fsp3) is 0.600. The van der Waals surface area contributed by atoms with Gasteiger partial charge in [-0.1, -0.05) is 31.5 Å². The third kappa shape index (κ3) is 3.47. The van der Waals surface area contributed by atoms with Crippen molar-refractivity contribution in [1.29, 1.82) is 0 Å². The standard InChI is InChI=1S/C15H24N2/c1-2-13-6-5-10-17(12-13)11-9-14-7-3-4-8-15(14)16/h3-4,7-8,13H,2,5-6,9-12,16H2,1H3. The molecule has 1 aliphatic rings. The van der Waals surface area contributed by atoms with Crippen LogP contribution in [-0.2, 0) is 6.42 Å². The Kier molecular flexibility index (Phi) is 4.43. The minimum absolute atomic E-state index is 0.914. The Bertz CT molecular complexity index is 349. The highest BCUT2D eigenvalue weighted by molar-refractivity contribution is 5.46. The van der Waals surface area contributed by atoms with Crippen LogP contribution in [0, 0.1) is 5.92 Å². The van der Waals surface area contributed by atoms with Gasteiger partial charge in [0, 0.05) is 18.8 Å². The molecule has 0 aromatic heterocycles. The number of nitrogens with zero attached hydrogens (tertiary/aromatic N) is 1. The van der Waals surface area contributed by atoms with Gasteiger partial charge in [-0.15, -0.1) is 0 Å². The second-order valence-corrected chi connectivity index (χ2v) is 5.17. The van der Waals surface area contributed by atoms with Gasteiger partial charge in [-0.2, -0.15) is 0 Å². The van der Waals surface area contributed by atoms with Gasteiger partial charge in [0.15, 0.2) is 0 Å². The molecule has 1 saturated heterocycles. The predicted molar refractivity (Wildman–Crippen MR) is 74.0 cm³/mol. The van der Waals surface area contributed by atoms with E-state index in [1.54, 1.807) is 0 Å². The molecule has 2 N–H and O–H groups in total. The molecule has 2 nitrogen and oxygen atoms in total. The smallest absolute Gasteiger partial charge is 0.0347 e. The molecule has 0 spiro atoms. The van der Waals surface area contributed by atoms with Gasteiger partial charge in [-0.05, 0) is 43.4 Å². The zero-order valence-corrected chi connectivity index (χ0v) is 10.9. The molecule has 0 bridgehead atoms. The molecular weight excluding hydrogens is 208 g/mol. The maximum Gasteiger partial charge on any atom is 0.0347 e. The average Bonchev–Trinajstić information content (AvgIpc) is 2.38. The Balaban J connectivity index is 1.84. The fourth-order valence-electron chi connectivity index (χ4n) is 2.73. The Hall–Kier alpha value is -1.02. The van der Waals surface area contributed by atoms with Crippen molar-refractivity contribution in [2.45, 2.75) is 32.6 Å². The van der Waals surface area contributed by atoms with Crippen molar-refractivity contribution >= 4 is 5.69 Å². The van der Waals surface area contributed by atoms with Crippen LogP contribution in [0.15, 0.2) is 24.3 Å². The lowest BCUT2D eigenvalue weighted by molar-refractivity contribution is 0.173. The van der Waals surface area contributed by atoms with Crippen LogP contribution < -0.4 is 5.73 Å². The topological polar surface area (TPSA) is 29.3 Å². The lowest BCUT2D eigenvalue weighted by Gasteiger charge is -2.32. The Morgan fingerprint density at radius 1 is 1.35 bits per heavy atom. The van der Waals surface area contributed by atoms with Crippen LogP contribution in [0.4, 0.5) is 5.69 Å². The maximum absolute atomic E-state index is 5.97. The van der Waals surface area contributed by atoms with Crippen LogP contribution in [0.5, 0.6) is 0 Å². The predicted octanol–water partition coefficient (Wildman–Crippen LogP) is 2.93. The summed E-state index contributed by atoms with van der Waals surface area (Å²) in [7, 11) is 0. The van der Waals surface area contributed by atoms with Gasteiger partial charge in [-0.3, -0.25) is 0 Å². The minimum Gasteiger partial charge on any atom is -0.399 e. The van der Waals surface area contributed by atoms with Gasteiger partial charge in [0.05, 0.1) is 0 Å². The van der Waals surface area contributed by atoms with E-state index < -0.39 is 0 Å². The van der Waals surface area contributed by atoms with Gasteiger partial charge >= 0.3 is 0 Å². The molecule has 0 amide bonds. The Labute approximate surface area is 105 Å². The average molecular weight is 232 g/mol. The second-order valence-electron chi connectivity index (χ2n) is 5.17. The number of rotatable bonds is 4. The van der Waals surface area contributed by atoms with Crippen molar-refractivity contribution in [3.05, 3.63) is 29.8 Å². The van der Waals surface area contributed by atoms with Crippen molar-refractivity contribution < 1.29 is 0 Å². The number of anilines is 1. The summed E-state index contributed by atoms with van der Waals surface area (Å²) in [5.74, 6) is 0.914. The summed E-state index contributed by atoms with van der Waals surface area (Å²) in [6.45, 7) is 6.01. The van der Waals surface area contributed by atoms with Crippen molar-refractivity contribution in [3.8, 4) is 0 Å². The number of hydrogen-bond acceptors (Lipinski definition) is 2. The highest BCUT2D eigenvalue weighted by atomic mass is 15.1.